The Balaban J connectivity index is 2.80. The van der Waals surface area contributed by atoms with Crippen molar-refractivity contribution in [1.82, 2.24) is 5.16 Å². The molecule has 0 unspecified atom stereocenters. The van der Waals surface area contributed by atoms with Crippen molar-refractivity contribution in [2.24, 2.45) is 5.11 Å². The van der Waals surface area contributed by atoms with Gasteiger partial charge in [-0.2, -0.15) is 0 Å². The average Bonchev–Trinajstić information content (AvgIpc) is 2.47. The van der Waals surface area contributed by atoms with E-state index in [1.807, 2.05) is 26.8 Å². The van der Waals surface area contributed by atoms with Gasteiger partial charge in [0.1, 0.15) is 5.76 Å². The van der Waals surface area contributed by atoms with E-state index in [9.17, 15) is 0 Å². The summed E-state index contributed by atoms with van der Waals surface area (Å²) in [6.07, 6.45) is 0. The van der Waals surface area contributed by atoms with Crippen LogP contribution in [0.2, 0.25) is 0 Å². The van der Waals surface area contributed by atoms with Gasteiger partial charge in [-0.25, -0.2) is 0 Å². The summed E-state index contributed by atoms with van der Waals surface area (Å²) >= 11 is 0. The number of hydrogen-bond acceptors (Lipinski definition) is 3. The molecule has 70 valence electrons. The molecule has 1 heterocycles. The summed E-state index contributed by atoms with van der Waals surface area (Å²) < 4.78 is 4.98. The lowest BCUT2D eigenvalue weighted by Gasteiger charge is -2.12. The Kier molecular flexibility index (Phi) is 2.58. The van der Waals surface area contributed by atoms with Crippen LogP contribution < -0.4 is 0 Å². The third-order valence-electron chi connectivity index (χ3n) is 1.62. The summed E-state index contributed by atoms with van der Waals surface area (Å²) in [5.41, 5.74) is 8.93. The fraction of sp³-hybridized carbons (Fsp3) is 0.625. The molecule has 0 N–H and O–H groups in total. The van der Waals surface area contributed by atoms with Crippen LogP contribution in [-0.2, 0) is 12.0 Å². The van der Waals surface area contributed by atoms with E-state index in [4.69, 9.17) is 10.1 Å². The van der Waals surface area contributed by atoms with E-state index in [-0.39, 0.29) is 12.0 Å². The van der Waals surface area contributed by atoms with Gasteiger partial charge in [0.15, 0.2) is 0 Å². The highest BCUT2D eigenvalue weighted by molar-refractivity contribution is 5.13. The third kappa shape index (κ3) is 2.49. The smallest absolute Gasteiger partial charge is 0.142 e. The van der Waals surface area contributed by atoms with E-state index in [0.29, 0.717) is 5.76 Å². The lowest BCUT2D eigenvalue weighted by Crippen LogP contribution is -2.10. The average molecular weight is 180 g/mol. The molecule has 5 nitrogen and oxygen atoms in total. The van der Waals surface area contributed by atoms with Crippen molar-refractivity contribution in [3.63, 3.8) is 0 Å². The molecule has 1 aromatic rings. The zero-order valence-corrected chi connectivity index (χ0v) is 7.98. The summed E-state index contributed by atoms with van der Waals surface area (Å²) in [6, 6.07) is 1.81. The Bertz CT molecular complexity index is 330. The van der Waals surface area contributed by atoms with E-state index in [1.165, 1.54) is 0 Å². The van der Waals surface area contributed by atoms with Crippen molar-refractivity contribution in [3.8, 4) is 0 Å². The van der Waals surface area contributed by atoms with Crippen molar-refractivity contribution in [3.05, 3.63) is 28.0 Å². The van der Waals surface area contributed by atoms with Gasteiger partial charge in [0.25, 0.3) is 0 Å². The van der Waals surface area contributed by atoms with E-state index in [0.717, 1.165) is 5.69 Å². The van der Waals surface area contributed by atoms with Gasteiger partial charge in [-0.15, -0.1) is 0 Å². The van der Waals surface area contributed by atoms with E-state index in [2.05, 4.69) is 15.2 Å². The Morgan fingerprint density at radius 1 is 1.62 bits per heavy atom. The summed E-state index contributed by atoms with van der Waals surface area (Å²) in [4.78, 5) is 2.64. The Hall–Kier alpha value is -1.48. The van der Waals surface area contributed by atoms with Gasteiger partial charge in [-0.1, -0.05) is 31.0 Å². The maximum absolute atomic E-state index is 8.09. The summed E-state index contributed by atoms with van der Waals surface area (Å²) in [5.74, 6) is 0.600. The monoisotopic (exact) mass is 180 g/mol. The second kappa shape index (κ2) is 3.49. The van der Waals surface area contributed by atoms with Crippen LogP contribution >= 0.6 is 0 Å². The predicted octanol–water partition coefficient (Wildman–Crippen LogP) is 2.78. The Morgan fingerprint density at radius 3 is 2.77 bits per heavy atom. The quantitative estimate of drug-likeness (QED) is 0.398. The van der Waals surface area contributed by atoms with Crippen molar-refractivity contribution >= 4 is 0 Å². The zero-order chi connectivity index (χ0) is 9.90. The molecule has 0 bridgehead atoms. The first kappa shape index (κ1) is 9.61. The van der Waals surface area contributed by atoms with Gasteiger partial charge in [0, 0.05) is 16.4 Å². The van der Waals surface area contributed by atoms with E-state index < -0.39 is 0 Å². The third-order valence-corrected chi connectivity index (χ3v) is 1.62. The summed E-state index contributed by atoms with van der Waals surface area (Å²) in [5, 5.41) is 7.27. The molecule has 0 aromatic carbocycles. The van der Waals surface area contributed by atoms with Crippen LogP contribution in [0.15, 0.2) is 15.7 Å². The molecule has 1 rings (SSSR count). The molecule has 0 fully saturated rings. The number of nitrogens with zero attached hydrogens (tertiary/aromatic N) is 4. The van der Waals surface area contributed by atoms with Crippen LogP contribution in [0.1, 0.15) is 32.2 Å². The van der Waals surface area contributed by atoms with Gasteiger partial charge in [0.2, 0.25) is 0 Å². The number of hydrogen-bond donors (Lipinski definition) is 0. The summed E-state index contributed by atoms with van der Waals surface area (Å²) in [6.45, 7) is 6.35. The lowest BCUT2D eigenvalue weighted by molar-refractivity contribution is 0.365. The van der Waals surface area contributed by atoms with Crippen LogP contribution in [0.4, 0.5) is 0 Å². The van der Waals surface area contributed by atoms with Gasteiger partial charge in [0.05, 0.1) is 12.2 Å². The molecule has 0 saturated heterocycles. The van der Waals surface area contributed by atoms with Crippen LogP contribution in [0.3, 0.4) is 0 Å². The second-order valence-corrected chi connectivity index (χ2v) is 3.82. The van der Waals surface area contributed by atoms with Gasteiger partial charge in [-0.05, 0) is 5.53 Å². The van der Waals surface area contributed by atoms with Crippen LogP contribution in [0, 0.1) is 0 Å². The van der Waals surface area contributed by atoms with Crippen molar-refractivity contribution in [2.75, 3.05) is 0 Å². The normalized spacial score (nSPS) is 11.0. The van der Waals surface area contributed by atoms with Gasteiger partial charge >= 0.3 is 0 Å². The topological polar surface area (TPSA) is 74.8 Å². The molecule has 0 spiro atoms. The number of rotatable bonds is 2. The van der Waals surface area contributed by atoms with E-state index in [1.54, 1.807) is 0 Å². The molecular formula is C8H12N4O. The van der Waals surface area contributed by atoms with Crippen LogP contribution in [-0.4, -0.2) is 5.16 Å². The molecule has 0 atom stereocenters. The SMILES string of the molecule is CC(C)(C)c1cc(CN=[N+]=[N-])on1. The zero-order valence-electron chi connectivity index (χ0n) is 7.98. The van der Waals surface area contributed by atoms with E-state index >= 15 is 0 Å². The van der Waals surface area contributed by atoms with Crippen molar-refractivity contribution < 1.29 is 4.52 Å². The largest absolute Gasteiger partial charge is 0.361 e. The highest BCUT2D eigenvalue weighted by Gasteiger charge is 2.18. The molecule has 5 heteroatoms. The van der Waals surface area contributed by atoms with Crippen molar-refractivity contribution in [2.45, 2.75) is 32.7 Å². The highest BCUT2D eigenvalue weighted by atomic mass is 16.5. The molecular weight excluding hydrogens is 168 g/mol. The number of azide groups is 1. The molecule has 13 heavy (non-hydrogen) atoms. The van der Waals surface area contributed by atoms with Crippen LogP contribution in [0.5, 0.6) is 0 Å². The molecule has 0 aliphatic heterocycles. The fourth-order valence-electron chi connectivity index (χ4n) is 0.842. The van der Waals surface area contributed by atoms with Crippen molar-refractivity contribution in [1.29, 1.82) is 0 Å². The molecule has 1 aromatic heterocycles. The number of aromatic nitrogens is 1. The minimum atomic E-state index is -0.0297. The molecule has 0 aliphatic rings. The minimum Gasteiger partial charge on any atom is -0.361 e. The first-order chi connectivity index (χ1) is 6.04. The predicted molar refractivity (Wildman–Crippen MR) is 48.1 cm³/mol. The maximum atomic E-state index is 8.09. The maximum Gasteiger partial charge on any atom is 0.142 e. The lowest BCUT2D eigenvalue weighted by atomic mass is 9.92. The first-order valence-corrected chi connectivity index (χ1v) is 4.01. The van der Waals surface area contributed by atoms with Crippen LogP contribution in [0.25, 0.3) is 10.4 Å². The molecule has 0 saturated carbocycles. The highest BCUT2D eigenvalue weighted by Crippen LogP contribution is 2.21. The molecule has 0 radical (unpaired) electrons. The first-order valence-electron chi connectivity index (χ1n) is 4.01. The Morgan fingerprint density at radius 2 is 2.31 bits per heavy atom. The minimum absolute atomic E-state index is 0.0297. The summed E-state index contributed by atoms with van der Waals surface area (Å²) in [7, 11) is 0. The molecule has 0 amide bonds. The standard InChI is InChI=1S/C8H12N4O/c1-8(2,3)7-4-6(13-11-7)5-10-12-9/h4H,5H2,1-3H3. The molecule has 0 aliphatic carbocycles. The fourth-order valence-corrected chi connectivity index (χ4v) is 0.842. The second-order valence-electron chi connectivity index (χ2n) is 3.82. The van der Waals surface area contributed by atoms with Gasteiger partial charge < -0.3 is 4.52 Å². The Labute approximate surface area is 76.4 Å². The van der Waals surface area contributed by atoms with Gasteiger partial charge in [-0.3, -0.25) is 0 Å².